The number of aliphatic hydroxyl groups excluding tert-OH is 1. The van der Waals surface area contributed by atoms with Crippen molar-refractivity contribution >= 4 is 0 Å². The van der Waals surface area contributed by atoms with E-state index in [1.54, 1.807) is 7.11 Å². The van der Waals surface area contributed by atoms with Crippen LogP contribution in [0.15, 0.2) is 18.2 Å². The van der Waals surface area contributed by atoms with Crippen LogP contribution < -0.4 is 4.74 Å². The van der Waals surface area contributed by atoms with Crippen molar-refractivity contribution < 1.29 is 14.6 Å². The number of ether oxygens (including phenoxy) is 2. The normalized spacial score (nSPS) is 35.0. The molecule has 2 aliphatic rings. The molecule has 0 unspecified atom stereocenters. The number of rotatable bonds is 1. The molecule has 1 aliphatic carbocycles. The molecule has 17 heavy (non-hydrogen) atoms. The van der Waals surface area contributed by atoms with Gasteiger partial charge in [0.25, 0.3) is 0 Å². The number of fused-ring (bicyclic) bond motifs is 1. The largest absolute Gasteiger partial charge is 0.487 e. The second-order valence-corrected chi connectivity index (χ2v) is 5.31. The summed E-state index contributed by atoms with van der Waals surface area (Å²) in [5.41, 5.74) is 1.89. The minimum absolute atomic E-state index is 0.192. The van der Waals surface area contributed by atoms with Crippen LogP contribution in [0, 0.1) is 6.92 Å². The number of aliphatic hydroxyl groups is 1. The molecule has 1 saturated carbocycles. The molecule has 0 radical (unpaired) electrons. The molecule has 92 valence electrons. The van der Waals surface area contributed by atoms with E-state index in [-0.39, 0.29) is 11.7 Å². The van der Waals surface area contributed by atoms with E-state index in [1.165, 1.54) is 0 Å². The van der Waals surface area contributed by atoms with Gasteiger partial charge in [0.05, 0.1) is 12.2 Å². The number of methoxy groups -OCH3 is 1. The average molecular weight is 234 g/mol. The first-order chi connectivity index (χ1) is 8.12. The van der Waals surface area contributed by atoms with E-state index < -0.39 is 6.10 Å². The Labute approximate surface area is 101 Å². The summed E-state index contributed by atoms with van der Waals surface area (Å²) in [6.45, 7) is 2.03. The predicted octanol–water partition coefficient (Wildman–Crippen LogP) is 2.36. The van der Waals surface area contributed by atoms with E-state index in [0.29, 0.717) is 6.42 Å². The molecule has 1 aromatic carbocycles. The van der Waals surface area contributed by atoms with Crippen molar-refractivity contribution in [1.29, 1.82) is 0 Å². The Bertz CT molecular complexity index is 435. The molecule has 0 bridgehead atoms. The first-order valence-electron chi connectivity index (χ1n) is 6.12. The minimum atomic E-state index is -0.406. The molecule has 3 rings (SSSR count). The van der Waals surface area contributed by atoms with E-state index >= 15 is 0 Å². The zero-order valence-electron chi connectivity index (χ0n) is 10.3. The third kappa shape index (κ3) is 1.74. The van der Waals surface area contributed by atoms with E-state index in [0.717, 1.165) is 29.7 Å². The van der Waals surface area contributed by atoms with Crippen molar-refractivity contribution in [1.82, 2.24) is 0 Å². The molecule has 1 aromatic rings. The van der Waals surface area contributed by atoms with Gasteiger partial charge in [-0.2, -0.15) is 0 Å². The van der Waals surface area contributed by atoms with Crippen molar-refractivity contribution in [2.45, 2.75) is 44.0 Å². The van der Waals surface area contributed by atoms with Crippen molar-refractivity contribution in [3.63, 3.8) is 0 Å². The summed E-state index contributed by atoms with van der Waals surface area (Å²) in [4.78, 5) is 0. The van der Waals surface area contributed by atoms with Crippen LogP contribution in [0.5, 0.6) is 5.75 Å². The van der Waals surface area contributed by atoms with Gasteiger partial charge in [0.15, 0.2) is 0 Å². The quantitative estimate of drug-likeness (QED) is 0.810. The highest BCUT2D eigenvalue weighted by molar-refractivity contribution is 5.41. The summed E-state index contributed by atoms with van der Waals surface area (Å²) in [6.07, 6.45) is 2.33. The highest BCUT2D eigenvalue weighted by Gasteiger charge is 2.50. The smallest absolute Gasteiger partial charge is 0.125 e. The lowest BCUT2D eigenvalue weighted by molar-refractivity contribution is -0.139. The third-order valence-electron chi connectivity index (χ3n) is 3.95. The van der Waals surface area contributed by atoms with Crippen molar-refractivity contribution in [3.05, 3.63) is 29.3 Å². The molecule has 1 atom stereocenters. The lowest BCUT2D eigenvalue weighted by Gasteiger charge is -2.50. The maximum Gasteiger partial charge on any atom is 0.125 e. The molecule has 0 saturated heterocycles. The Kier molecular flexibility index (Phi) is 2.42. The van der Waals surface area contributed by atoms with Gasteiger partial charge < -0.3 is 14.6 Å². The van der Waals surface area contributed by atoms with Crippen LogP contribution in [-0.2, 0) is 4.74 Å². The first-order valence-corrected chi connectivity index (χ1v) is 6.12. The zero-order valence-corrected chi connectivity index (χ0v) is 10.3. The molecule has 3 nitrogen and oxygen atoms in total. The predicted molar refractivity (Wildman–Crippen MR) is 64.1 cm³/mol. The van der Waals surface area contributed by atoms with Gasteiger partial charge in [0.2, 0.25) is 0 Å². The Morgan fingerprint density at radius 2 is 2.12 bits per heavy atom. The highest BCUT2D eigenvalue weighted by atomic mass is 16.5. The van der Waals surface area contributed by atoms with Gasteiger partial charge in [0, 0.05) is 31.9 Å². The summed E-state index contributed by atoms with van der Waals surface area (Å²) >= 11 is 0. The molecule has 0 aromatic heterocycles. The molecular weight excluding hydrogens is 216 g/mol. The van der Waals surface area contributed by atoms with Gasteiger partial charge in [0.1, 0.15) is 11.4 Å². The monoisotopic (exact) mass is 234 g/mol. The van der Waals surface area contributed by atoms with Crippen LogP contribution in [0.25, 0.3) is 0 Å². The lowest BCUT2D eigenvalue weighted by Crippen LogP contribution is -2.54. The van der Waals surface area contributed by atoms with Crippen molar-refractivity contribution in [3.8, 4) is 5.75 Å². The van der Waals surface area contributed by atoms with E-state index in [2.05, 4.69) is 0 Å². The Morgan fingerprint density at radius 1 is 1.35 bits per heavy atom. The third-order valence-corrected chi connectivity index (χ3v) is 3.95. The Balaban J connectivity index is 1.87. The van der Waals surface area contributed by atoms with Crippen molar-refractivity contribution in [2.24, 2.45) is 0 Å². The number of benzene rings is 1. The maximum atomic E-state index is 10.2. The summed E-state index contributed by atoms with van der Waals surface area (Å²) in [5.74, 6) is 0.837. The van der Waals surface area contributed by atoms with Crippen LogP contribution in [-0.4, -0.2) is 23.9 Å². The standard InChI is InChI=1S/C14H18O3/c1-9-3-4-13-11(5-9)12(15)8-14(17-13)6-10(7-14)16-2/h3-5,10,12,15H,6-8H2,1-2H3/t10?,12-,14?/m1/s1. The maximum absolute atomic E-state index is 10.2. The summed E-state index contributed by atoms with van der Waals surface area (Å²) < 4.78 is 11.4. The molecule has 1 heterocycles. The molecule has 1 aliphatic heterocycles. The van der Waals surface area contributed by atoms with Crippen LogP contribution in [0.1, 0.15) is 36.5 Å². The Morgan fingerprint density at radius 3 is 2.82 bits per heavy atom. The lowest BCUT2D eigenvalue weighted by atomic mass is 9.71. The van der Waals surface area contributed by atoms with Crippen molar-refractivity contribution in [2.75, 3.05) is 7.11 Å². The SMILES string of the molecule is COC1CC2(C1)C[C@@H](O)c1cc(C)ccc1O2. The van der Waals surface area contributed by atoms with Gasteiger partial charge in [-0.15, -0.1) is 0 Å². The number of hydrogen-bond acceptors (Lipinski definition) is 3. The van der Waals surface area contributed by atoms with Crippen LogP contribution in [0.4, 0.5) is 0 Å². The Hall–Kier alpha value is -1.06. The summed E-state index contributed by atoms with van der Waals surface area (Å²) in [7, 11) is 1.73. The van der Waals surface area contributed by atoms with Gasteiger partial charge in [-0.05, 0) is 19.1 Å². The fourth-order valence-corrected chi connectivity index (χ4v) is 2.95. The van der Waals surface area contributed by atoms with Gasteiger partial charge >= 0.3 is 0 Å². The summed E-state index contributed by atoms with van der Waals surface area (Å²) in [5, 5.41) is 10.2. The average Bonchev–Trinajstić information content (AvgIpc) is 2.26. The molecule has 1 fully saturated rings. The molecule has 1 spiro atoms. The molecule has 0 amide bonds. The highest BCUT2D eigenvalue weighted by Crippen LogP contribution is 2.49. The zero-order chi connectivity index (χ0) is 12.0. The second-order valence-electron chi connectivity index (χ2n) is 5.31. The number of aryl methyl sites for hydroxylation is 1. The number of hydrogen-bond donors (Lipinski definition) is 1. The first kappa shape index (κ1) is 11.1. The van der Waals surface area contributed by atoms with Crippen LogP contribution >= 0.6 is 0 Å². The van der Waals surface area contributed by atoms with E-state index in [4.69, 9.17) is 9.47 Å². The van der Waals surface area contributed by atoms with E-state index in [9.17, 15) is 5.11 Å². The molecular formula is C14H18O3. The second kappa shape index (κ2) is 3.72. The molecule has 1 N–H and O–H groups in total. The van der Waals surface area contributed by atoms with Gasteiger partial charge in [-0.3, -0.25) is 0 Å². The van der Waals surface area contributed by atoms with E-state index in [1.807, 2.05) is 25.1 Å². The topological polar surface area (TPSA) is 38.7 Å². The van der Waals surface area contributed by atoms with Crippen LogP contribution in [0.3, 0.4) is 0 Å². The molecule has 3 heteroatoms. The fourth-order valence-electron chi connectivity index (χ4n) is 2.95. The fraction of sp³-hybridized carbons (Fsp3) is 0.571. The van der Waals surface area contributed by atoms with Gasteiger partial charge in [-0.1, -0.05) is 11.6 Å². The summed E-state index contributed by atoms with van der Waals surface area (Å²) in [6, 6.07) is 6.01. The van der Waals surface area contributed by atoms with Crippen LogP contribution in [0.2, 0.25) is 0 Å². The van der Waals surface area contributed by atoms with Gasteiger partial charge in [-0.25, -0.2) is 0 Å². The minimum Gasteiger partial charge on any atom is -0.487 e.